The molecule has 0 saturated carbocycles. The van der Waals surface area contributed by atoms with Gasteiger partial charge in [-0.05, 0) is 63.7 Å². The van der Waals surface area contributed by atoms with Crippen molar-refractivity contribution in [3.63, 3.8) is 0 Å². The number of hydrogen-bond acceptors (Lipinski definition) is 2. The molecule has 0 bridgehead atoms. The maximum absolute atomic E-state index is 6.35. The molecule has 8 rings (SSSR count). The lowest BCUT2D eigenvalue weighted by atomic mass is 9.75. The number of rotatable bonds is 3. The molecular formula is C39H28O2. The first kappa shape index (κ1) is 23.8. The van der Waals surface area contributed by atoms with E-state index in [1.807, 2.05) is 18.2 Å². The molecule has 2 nitrogen and oxygen atoms in total. The van der Waals surface area contributed by atoms with Crippen molar-refractivity contribution in [1.29, 1.82) is 0 Å². The summed E-state index contributed by atoms with van der Waals surface area (Å²) in [4.78, 5) is 0. The molecule has 196 valence electrons. The van der Waals surface area contributed by atoms with Crippen LogP contribution in [0, 0.1) is 0 Å². The SMILES string of the molecule is CC1(C)c2ccccc2Oc2cc(-c3ccc(-c4ccc(-c5ccc6c(c5)oc5ccccc56)cc4)cc3)ccc21. The van der Waals surface area contributed by atoms with Gasteiger partial charge in [-0.3, -0.25) is 0 Å². The van der Waals surface area contributed by atoms with E-state index in [2.05, 4.69) is 129 Å². The molecule has 7 aromatic rings. The van der Waals surface area contributed by atoms with Crippen LogP contribution in [0.5, 0.6) is 11.5 Å². The van der Waals surface area contributed by atoms with Crippen LogP contribution in [0.4, 0.5) is 0 Å². The molecule has 0 atom stereocenters. The monoisotopic (exact) mass is 528 g/mol. The maximum Gasteiger partial charge on any atom is 0.136 e. The number of fused-ring (bicyclic) bond motifs is 5. The van der Waals surface area contributed by atoms with Gasteiger partial charge in [0.25, 0.3) is 0 Å². The molecule has 41 heavy (non-hydrogen) atoms. The fraction of sp³-hybridized carbons (Fsp3) is 0.0769. The lowest BCUT2D eigenvalue weighted by Gasteiger charge is -2.34. The van der Waals surface area contributed by atoms with E-state index in [0.29, 0.717) is 0 Å². The molecule has 1 aliphatic heterocycles. The Balaban J connectivity index is 1.06. The third-order valence-electron chi connectivity index (χ3n) is 8.58. The minimum atomic E-state index is -0.101. The first-order valence-electron chi connectivity index (χ1n) is 14.1. The van der Waals surface area contributed by atoms with E-state index in [0.717, 1.165) is 44.6 Å². The molecule has 0 radical (unpaired) electrons. The van der Waals surface area contributed by atoms with Crippen LogP contribution < -0.4 is 4.74 Å². The Morgan fingerprint density at radius 1 is 0.415 bits per heavy atom. The molecule has 0 spiro atoms. The van der Waals surface area contributed by atoms with E-state index < -0.39 is 0 Å². The lowest BCUT2D eigenvalue weighted by molar-refractivity contribution is 0.418. The zero-order valence-electron chi connectivity index (χ0n) is 23.0. The Labute approximate surface area is 239 Å². The Morgan fingerprint density at radius 3 is 1.66 bits per heavy atom. The molecule has 1 aliphatic rings. The van der Waals surface area contributed by atoms with Gasteiger partial charge in [-0.25, -0.2) is 0 Å². The van der Waals surface area contributed by atoms with E-state index in [-0.39, 0.29) is 5.41 Å². The van der Waals surface area contributed by atoms with Crippen molar-refractivity contribution >= 4 is 21.9 Å². The van der Waals surface area contributed by atoms with Crippen molar-refractivity contribution in [2.24, 2.45) is 0 Å². The molecule has 0 saturated heterocycles. The fourth-order valence-electron chi connectivity index (χ4n) is 6.25. The number of ether oxygens (including phenoxy) is 1. The van der Waals surface area contributed by atoms with Gasteiger partial charge in [0.05, 0.1) is 0 Å². The smallest absolute Gasteiger partial charge is 0.136 e. The fourth-order valence-corrected chi connectivity index (χ4v) is 6.25. The van der Waals surface area contributed by atoms with Crippen LogP contribution in [0.3, 0.4) is 0 Å². The van der Waals surface area contributed by atoms with Crippen LogP contribution in [0.25, 0.3) is 55.3 Å². The average Bonchev–Trinajstić information content (AvgIpc) is 3.39. The van der Waals surface area contributed by atoms with Crippen LogP contribution in [0.2, 0.25) is 0 Å². The number of furan rings is 1. The third kappa shape index (κ3) is 3.87. The van der Waals surface area contributed by atoms with E-state index in [9.17, 15) is 0 Å². The van der Waals surface area contributed by atoms with Crippen molar-refractivity contribution in [1.82, 2.24) is 0 Å². The molecule has 6 aromatic carbocycles. The summed E-state index contributed by atoms with van der Waals surface area (Å²) in [7, 11) is 0. The normalized spacial score (nSPS) is 13.5. The standard InChI is InChI=1S/C39H28O2/c1-39(2)33-8-4-6-10-36(33)41-38-24-30(20-22-34(38)39)28-17-13-26(14-18-28)25-11-15-27(16-12-25)29-19-21-32-31-7-3-5-9-35(31)40-37(32)23-29/h3-24H,1-2H3. The minimum absolute atomic E-state index is 0.101. The summed E-state index contributed by atoms with van der Waals surface area (Å²) in [5, 5.41) is 2.31. The largest absolute Gasteiger partial charge is 0.457 e. The molecule has 0 aliphatic carbocycles. The van der Waals surface area contributed by atoms with E-state index in [1.165, 1.54) is 33.4 Å². The summed E-state index contributed by atoms with van der Waals surface area (Å²) < 4.78 is 12.5. The van der Waals surface area contributed by atoms with Crippen molar-refractivity contribution < 1.29 is 9.15 Å². The summed E-state index contributed by atoms with van der Waals surface area (Å²) in [6.07, 6.45) is 0. The number of para-hydroxylation sites is 2. The molecular weight excluding hydrogens is 500 g/mol. The van der Waals surface area contributed by atoms with Gasteiger partial charge in [0.2, 0.25) is 0 Å². The van der Waals surface area contributed by atoms with Gasteiger partial charge >= 0.3 is 0 Å². The summed E-state index contributed by atoms with van der Waals surface area (Å²) in [5.41, 5.74) is 11.2. The lowest BCUT2D eigenvalue weighted by Crippen LogP contribution is -2.24. The number of hydrogen-bond donors (Lipinski definition) is 0. The van der Waals surface area contributed by atoms with E-state index in [1.54, 1.807) is 0 Å². The minimum Gasteiger partial charge on any atom is -0.457 e. The molecule has 0 amide bonds. The highest BCUT2D eigenvalue weighted by Crippen LogP contribution is 2.48. The molecule has 1 aromatic heterocycles. The second-order valence-corrected chi connectivity index (χ2v) is 11.4. The molecule has 0 unspecified atom stereocenters. The van der Waals surface area contributed by atoms with Gasteiger partial charge in [-0.2, -0.15) is 0 Å². The van der Waals surface area contributed by atoms with Crippen LogP contribution in [0.1, 0.15) is 25.0 Å². The van der Waals surface area contributed by atoms with Gasteiger partial charge in [0.1, 0.15) is 22.7 Å². The summed E-state index contributed by atoms with van der Waals surface area (Å²) in [6, 6.07) is 47.2. The van der Waals surface area contributed by atoms with Crippen molar-refractivity contribution in [3.8, 4) is 44.9 Å². The Hall–Kier alpha value is -5.08. The van der Waals surface area contributed by atoms with Crippen LogP contribution in [-0.2, 0) is 5.41 Å². The van der Waals surface area contributed by atoms with Crippen LogP contribution in [-0.4, -0.2) is 0 Å². The second kappa shape index (κ2) is 8.97. The topological polar surface area (TPSA) is 22.4 Å². The van der Waals surface area contributed by atoms with E-state index >= 15 is 0 Å². The summed E-state index contributed by atoms with van der Waals surface area (Å²) >= 11 is 0. The van der Waals surface area contributed by atoms with Crippen molar-refractivity contribution in [2.75, 3.05) is 0 Å². The Morgan fingerprint density at radius 2 is 0.927 bits per heavy atom. The van der Waals surface area contributed by atoms with E-state index in [4.69, 9.17) is 9.15 Å². The molecule has 0 fully saturated rings. The molecule has 2 heterocycles. The van der Waals surface area contributed by atoms with Crippen LogP contribution in [0.15, 0.2) is 138 Å². The Bertz CT molecular complexity index is 2080. The zero-order valence-corrected chi connectivity index (χ0v) is 23.0. The summed E-state index contributed by atoms with van der Waals surface area (Å²) in [5.74, 6) is 1.88. The average molecular weight is 529 g/mol. The maximum atomic E-state index is 6.35. The highest BCUT2D eigenvalue weighted by molar-refractivity contribution is 6.05. The summed E-state index contributed by atoms with van der Waals surface area (Å²) in [6.45, 7) is 4.54. The van der Waals surface area contributed by atoms with Crippen LogP contribution >= 0.6 is 0 Å². The second-order valence-electron chi connectivity index (χ2n) is 11.4. The van der Waals surface area contributed by atoms with Crippen molar-refractivity contribution in [3.05, 3.63) is 145 Å². The first-order chi connectivity index (χ1) is 20.0. The van der Waals surface area contributed by atoms with Gasteiger partial charge < -0.3 is 9.15 Å². The highest BCUT2D eigenvalue weighted by atomic mass is 16.5. The number of benzene rings is 6. The van der Waals surface area contributed by atoms with Gasteiger partial charge in [-0.15, -0.1) is 0 Å². The van der Waals surface area contributed by atoms with Gasteiger partial charge in [0, 0.05) is 27.3 Å². The predicted octanol–water partition coefficient (Wildman–Crippen LogP) is 11.0. The van der Waals surface area contributed by atoms with Gasteiger partial charge in [0.15, 0.2) is 0 Å². The quantitative estimate of drug-likeness (QED) is 0.228. The zero-order chi connectivity index (χ0) is 27.6. The Kier molecular flexibility index (Phi) is 5.20. The third-order valence-corrected chi connectivity index (χ3v) is 8.58. The first-order valence-corrected chi connectivity index (χ1v) is 14.1. The van der Waals surface area contributed by atoms with Crippen molar-refractivity contribution in [2.45, 2.75) is 19.3 Å². The highest BCUT2D eigenvalue weighted by Gasteiger charge is 2.33. The van der Waals surface area contributed by atoms with Gasteiger partial charge in [-0.1, -0.05) is 117 Å². The predicted molar refractivity (Wildman–Crippen MR) is 169 cm³/mol. The molecule has 0 N–H and O–H groups in total. The molecule has 2 heteroatoms.